The van der Waals surface area contributed by atoms with Crippen LogP contribution in [0.25, 0.3) is 72.3 Å². The van der Waals surface area contributed by atoms with Crippen molar-refractivity contribution in [3.05, 3.63) is 127 Å². The Morgan fingerprint density at radius 3 is 1.85 bits per heavy atom. The van der Waals surface area contributed by atoms with E-state index < -0.39 is 0 Å². The predicted octanol–water partition coefficient (Wildman–Crippen LogP) is 8.00. The summed E-state index contributed by atoms with van der Waals surface area (Å²) in [4.78, 5) is 19.9. The number of aromatic nitrogens is 5. The quantitative estimate of drug-likeness (QED) is 0.247. The Labute approximate surface area is 224 Å². The predicted molar refractivity (Wildman–Crippen MR) is 158 cm³/mol. The third-order valence-electron chi connectivity index (χ3n) is 7.24. The molecule has 5 aromatic carbocycles. The number of hydrogen-bond acceptors (Lipinski definition) is 4. The Hall–Kier alpha value is -5.42. The third-order valence-corrected chi connectivity index (χ3v) is 7.24. The first kappa shape index (κ1) is 21.6. The van der Waals surface area contributed by atoms with Gasteiger partial charge in [0.25, 0.3) is 0 Å². The summed E-state index contributed by atoms with van der Waals surface area (Å²) in [6.45, 7) is 0. The number of pyridine rings is 1. The number of benzene rings is 5. The van der Waals surface area contributed by atoms with E-state index in [0.29, 0.717) is 23.3 Å². The first-order valence-corrected chi connectivity index (χ1v) is 12.9. The molecule has 182 valence electrons. The van der Waals surface area contributed by atoms with Crippen LogP contribution in [0.4, 0.5) is 0 Å². The highest BCUT2D eigenvalue weighted by Crippen LogP contribution is 2.32. The van der Waals surface area contributed by atoms with Gasteiger partial charge >= 0.3 is 0 Å². The van der Waals surface area contributed by atoms with Gasteiger partial charge in [0.1, 0.15) is 5.69 Å². The van der Waals surface area contributed by atoms with Crippen molar-refractivity contribution < 1.29 is 0 Å². The lowest BCUT2D eigenvalue weighted by molar-refractivity contribution is 0.949. The fourth-order valence-electron chi connectivity index (χ4n) is 5.37. The lowest BCUT2D eigenvalue weighted by atomic mass is 10.1. The zero-order chi connectivity index (χ0) is 25.8. The largest absolute Gasteiger partial charge is 0.278 e. The molecule has 0 saturated heterocycles. The van der Waals surface area contributed by atoms with Crippen molar-refractivity contribution in [3.63, 3.8) is 0 Å². The average molecular weight is 500 g/mol. The molecule has 0 aliphatic rings. The number of hydrogen-bond donors (Lipinski definition) is 0. The molecule has 0 aliphatic heterocycles. The molecule has 0 fully saturated rings. The Balaban J connectivity index is 1.43. The second kappa shape index (κ2) is 8.57. The molecule has 3 aromatic heterocycles. The lowest BCUT2D eigenvalue weighted by Gasteiger charge is -2.11. The number of fused-ring (bicyclic) bond motifs is 5. The van der Waals surface area contributed by atoms with E-state index in [4.69, 9.17) is 19.9 Å². The SMILES string of the molecule is c1ccc2cc(-c3nc(-c4ccc5ccccc5n4)nc(-n4c5ccccc5c5ccccc54)n3)ccc2c1. The van der Waals surface area contributed by atoms with E-state index in [2.05, 4.69) is 102 Å². The van der Waals surface area contributed by atoms with E-state index in [1.165, 1.54) is 5.39 Å². The van der Waals surface area contributed by atoms with Gasteiger partial charge in [0.2, 0.25) is 5.95 Å². The van der Waals surface area contributed by atoms with Gasteiger partial charge in [0.05, 0.1) is 16.6 Å². The molecule has 0 amide bonds. The van der Waals surface area contributed by atoms with Crippen LogP contribution in [0.5, 0.6) is 0 Å². The highest BCUT2D eigenvalue weighted by Gasteiger charge is 2.18. The highest BCUT2D eigenvalue weighted by molar-refractivity contribution is 6.09. The Kier molecular flexibility index (Phi) is 4.76. The molecule has 3 heterocycles. The van der Waals surface area contributed by atoms with Gasteiger partial charge in [-0.25, -0.2) is 9.97 Å². The molecule has 5 heteroatoms. The van der Waals surface area contributed by atoms with Crippen LogP contribution in [0.3, 0.4) is 0 Å². The van der Waals surface area contributed by atoms with Gasteiger partial charge in [-0.2, -0.15) is 9.97 Å². The van der Waals surface area contributed by atoms with E-state index in [0.717, 1.165) is 43.7 Å². The summed E-state index contributed by atoms with van der Waals surface area (Å²) in [5.74, 6) is 1.71. The topological polar surface area (TPSA) is 56.5 Å². The van der Waals surface area contributed by atoms with Gasteiger partial charge < -0.3 is 0 Å². The molecule has 8 aromatic rings. The maximum Gasteiger partial charge on any atom is 0.238 e. The van der Waals surface area contributed by atoms with Gasteiger partial charge in [-0.15, -0.1) is 0 Å². The fourth-order valence-corrected chi connectivity index (χ4v) is 5.37. The molecular formula is C34H21N5. The molecule has 0 radical (unpaired) electrons. The second-order valence-electron chi connectivity index (χ2n) is 9.60. The summed E-state index contributed by atoms with van der Waals surface area (Å²) in [5.41, 5.74) is 4.64. The zero-order valence-corrected chi connectivity index (χ0v) is 20.9. The molecule has 39 heavy (non-hydrogen) atoms. The van der Waals surface area contributed by atoms with Gasteiger partial charge in [0, 0.05) is 21.7 Å². The number of para-hydroxylation sites is 3. The molecule has 0 unspecified atom stereocenters. The maximum absolute atomic E-state index is 5.05. The smallest absolute Gasteiger partial charge is 0.238 e. The van der Waals surface area contributed by atoms with Gasteiger partial charge in [0.15, 0.2) is 11.6 Å². The monoisotopic (exact) mass is 499 g/mol. The normalized spacial score (nSPS) is 11.6. The van der Waals surface area contributed by atoms with E-state index in [-0.39, 0.29) is 0 Å². The lowest BCUT2D eigenvalue weighted by Crippen LogP contribution is -2.07. The zero-order valence-electron chi connectivity index (χ0n) is 20.9. The minimum absolute atomic E-state index is 0.538. The average Bonchev–Trinajstić information content (AvgIpc) is 3.35. The van der Waals surface area contributed by atoms with Crippen LogP contribution < -0.4 is 0 Å². The van der Waals surface area contributed by atoms with Crippen molar-refractivity contribution in [1.29, 1.82) is 0 Å². The van der Waals surface area contributed by atoms with Crippen LogP contribution in [0.2, 0.25) is 0 Å². The van der Waals surface area contributed by atoms with Crippen LogP contribution in [0, 0.1) is 0 Å². The maximum atomic E-state index is 5.05. The van der Waals surface area contributed by atoms with Gasteiger partial charge in [-0.3, -0.25) is 4.57 Å². The minimum atomic E-state index is 0.538. The Bertz CT molecular complexity index is 2040. The molecule has 8 rings (SSSR count). The molecular weight excluding hydrogens is 478 g/mol. The summed E-state index contributed by atoms with van der Waals surface area (Å²) >= 11 is 0. The van der Waals surface area contributed by atoms with Crippen LogP contribution in [-0.2, 0) is 0 Å². The molecule has 0 N–H and O–H groups in total. The van der Waals surface area contributed by atoms with Crippen LogP contribution in [0.15, 0.2) is 127 Å². The molecule has 0 spiro atoms. The molecule has 0 bridgehead atoms. The van der Waals surface area contributed by atoms with Crippen LogP contribution >= 0.6 is 0 Å². The molecule has 0 saturated carbocycles. The Morgan fingerprint density at radius 1 is 0.436 bits per heavy atom. The fraction of sp³-hybridized carbons (Fsp3) is 0. The molecule has 0 atom stereocenters. The van der Waals surface area contributed by atoms with Crippen LogP contribution in [-0.4, -0.2) is 24.5 Å². The second-order valence-corrected chi connectivity index (χ2v) is 9.60. The van der Waals surface area contributed by atoms with Crippen molar-refractivity contribution in [2.45, 2.75) is 0 Å². The summed E-state index contributed by atoms with van der Waals surface area (Å²) in [7, 11) is 0. The van der Waals surface area contributed by atoms with E-state index in [1.54, 1.807) is 0 Å². The van der Waals surface area contributed by atoms with Gasteiger partial charge in [-0.1, -0.05) is 97.1 Å². The first-order valence-electron chi connectivity index (χ1n) is 12.9. The summed E-state index contributed by atoms with van der Waals surface area (Å²) < 4.78 is 2.13. The Morgan fingerprint density at radius 2 is 1.05 bits per heavy atom. The van der Waals surface area contributed by atoms with Crippen molar-refractivity contribution >= 4 is 43.5 Å². The van der Waals surface area contributed by atoms with E-state index in [1.807, 2.05) is 30.3 Å². The highest BCUT2D eigenvalue weighted by atomic mass is 15.2. The summed E-state index contributed by atoms with van der Waals surface area (Å²) in [5, 5.41) is 5.71. The first-order chi connectivity index (χ1) is 19.3. The van der Waals surface area contributed by atoms with Gasteiger partial charge in [-0.05, 0) is 41.1 Å². The third kappa shape index (κ3) is 3.55. The summed E-state index contributed by atoms with van der Waals surface area (Å²) in [6, 6.07) is 43.5. The standard InChI is InChI=1S/C34H21N5/c1-2-11-24-21-25(18-17-22(24)9-1)32-36-33(29-20-19-23-10-3-6-14-28(23)35-29)38-34(37-32)39-30-15-7-4-12-26(30)27-13-5-8-16-31(27)39/h1-21H. The number of rotatable bonds is 3. The summed E-state index contributed by atoms with van der Waals surface area (Å²) in [6.07, 6.45) is 0. The van der Waals surface area contributed by atoms with Crippen molar-refractivity contribution in [1.82, 2.24) is 24.5 Å². The molecule has 0 aliphatic carbocycles. The van der Waals surface area contributed by atoms with Crippen molar-refractivity contribution in [2.24, 2.45) is 0 Å². The molecule has 5 nitrogen and oxygen atoms in total. The number of nitrogens with zero attached hydrogens (tertiary/aromatic N) is 5. The van der Waals surface area contributed by atoms with Crippen molar-refractivity contribution in [3.8, 4) is 28.9 Å². The van der Waals surface area contributed by atoms with Crippen LogP contribution in [0.1, 0.15) is 0 Å². The van der Waals surface area contributed by atoms with E-state index >= 15 is 0 Å². The minimum Gasteiger partial charge on any atom is -0.278 e. The van der Waals surface area contributed by atoms with E-state index in [9.17, 15) is 0 Å². The van der Waals surface area contributed by atoms with Crippen molar-refractivity contribution in [2.75, 3.05) is 0 Å².